The largest absolute Gasteiger partial charge is 0.319 e. The fraction of sp³-hybridized carbons (Fsp3) is 0.235. The molecule has 0 saturated heterocycles. The van der Waals surface area contributed by atoms with Gasteiger partial charge in [-0.05, 0) is 24.6 Å². The molecule has 0 aliphatic rings. The number of alkyl halides is 2. The monoisotopic (exact) mass is 442 g/mol. The van der Waals surface area contributed by atoms with Crippen LogP contribution in [-0.2, 0) is 17.9 Å². The Morgan fingerprint density at radius 3 is 2.53 bits per heavy atom. The summed E-state index contributed by atoms with van der Waals surface area (Å²) in [5, 5.41) is 21.1. The molecule has 1 amide bonds. The highest BCUT2D eigenvalue weighted by Crippen LogP contribution is 2.30. The summed E-state index contributed by atoms with van der Waals surface area (Å²) in [5.41, 5.74) is -1.28. The standard InChI is InChI=1S/C17H14ClF3N6O3/c1-9-15(27(29)30)14(16(20)21)23-26(9)8-13(28)22-17-12(18)7-25(24-17)6-10-2-4-11(19)5-3-10/h2-5,7,16H,6,8H2,1H3,(H,22,24,28). The van der Waals surface area contributed by atoms with Gasteiger partial charge in [-0.2, -0.15) is 10.2 Å². The normalized spacial score (nSPS) is 11.1. The summed E-state index contributed by atoms with van der Waals surface area (Å²) < 4.78 is 41.2. The molecule has 0 bridgehead atoms. The van der Waals surface area contributed by atoms with E-state index in [1.807, 2.05) is 0 Å². The molecule has 0 saturated carbocycles. The SMILES string of the molecule is Cc1c([N+](=O)[O-])c(C(F)F)nn1CC(=O)Nc1nn(Cc2ccc(F)cc2)cc1Cl. The van der Waals surface area contributed by atoms with E-state index in [4.69, 9.17) is 11.6 Å². The van der Waals surface area contributed by atoms with Crippen LogP contribution in [0, 0.1) is 22.9 Å². The molecular formula is C17H14ClF3N6O3. The average molecular weight is 443 g/mol. The summed E-state index contributed by atoms with van der Waals surface area (Å²) in [6.07, 6.45) is -1.72. The number of nitrogens with zero attached hydrogens (tertiary/aromatic N) is 5. The molecule has 3 rings (SSSR count). The van der Waals surface area contributed by atoms with Crippen molar-refractivity contribution in [2.24, 2.45) is 0 Å². The Bertz CT molecular complexity index is 1100. The van der Waals surface area contributed by atoms with Crippen LogP contribution in [0.3, 0.4) is 0 Å². The van der Waals surface area contributed by atoms with Crippen molar-refractivity contribution in [3.8, 4) is 0 Å². The molecule has 30 heavy (non-hydrogen) atoms. The third-order valence-electron chi connectivity index (χ3n) is 4.12. The van der Waals surface area contributed by atoms with Crippen LogP contribution in [0.2, 0.25) is 5.02 Å². The highest BCUT2D eigenvalue weighted by molar-refractivity contribution is 6.33. The van der Waals surface area contributed by atoms with E-state index in [1.165, 1.54) is 29.9 Å². The Morgan fingerprint density at radius 1 is 1.30 bits per heavy atom. The molecular weight excluding hydrogens is 429 g/mol. The number of aromatic nitrogens is 4. The Labute approximate surface area is 172 Å². The number of carbonyl (C=O) groups excluding carboxylic acids is 1. The third-order valence-corrected chi connectivity index (χ3v) is 4.39. The first-order valence-electron chi connectivity index (χ1n) is 8.42. The minimum Gasteiger partial charge on any atom is -0.306 e. The number of carbonyl (C=O) groups is 1. The van der Waals surface area contributed by atoms with Gasteiger partial charge >= 0.3 is 5.69 Å². The topological polar surface area (TPSA) is 108 Å². The van der Waals surface area contributed by atoms with Gasteiger partial charge in [0, 0.05) is 6.20 Å². The van der Waals surface area contributed by atoms with Crippen LogP contribution in [0.4, 0.5) is 24.7 Å². The first kappa shape index (κ1) is 21.3. The van der Waals surface area contributed by atoms with Gasteiger partial charge in [0.15, 0.2) is 5.82 Å². The molecule has 0 aliphatic carbocycles. The number of rotatable bonds is 7. The summed E-state index contributed by atoms with van der Waals surface area (Å²) >= 11 is 6.06. The van der Waals surface area contributed by atoms with Gasteiger partial charge in [0.25, 0.3) is 6.43 Å². The molecule has 1 N–H and O–H groups in total. The molecule has 0 spiro atoms. The van der Waals surface area contributed by atoms with Crippen molar-refractivity contribution < 1.29 is 22.9 Å². The minimum absolute atomic E-state index is 0.0113. The lowest BCUT2D eigenvalue weighted by molar-refractivity contribution is -0.386. The summed E-state index contributed by atoms with van der Waals surface area (Å²) in [7, 11) is 0. The van der Waals surface area contributed by atoms with E-state index in [9.17, 15) is 28.1 Å². The molecule has 9 nitrogen and oxygen atoms in total. The maximum atomic E-state index is 13.0. The van der Waals surface area contributed by atoms with Gasteiger partial charge in [0.2, 0.25) is 11.6 Å². The molecule has 0 radical (unpaired) electrons. The van der Waals surface area contributed by atoms with E-state index in [0.717, 1.165) is 10.2 Å². The molecule has 2 aromatic heterocycles. The van der Waals surface area contributed by atoms with Crippen LogP contribution >= 0.6 is 11.6 Å². The van der Waals surface area contributed by atoms with E-state index < -0.39 is 35.2 Å². The fourth-order valence-electron chi connectivity index (χ4n) is 2.73. The number of nitrogens with one attached hydrogen (secondary N) is 1. The van der Waals surface area contributed by atoms with Crippen LogP contribution in [0.25, 0.3) is 0 Å². The molecule has 2 heterocycles. The maximum absolute atomic E-state index is 13.0. The summed E-state index contributed by atoms with van der Waals surface area (Å²) in [4.78, 5) is 22.3. The molecule has 0 aliphatic heterocycles. The highest BCUT2D eigenvalue weighted by Gasteiger charge is 2.31. The van der Waals surface area contributed by atoms with Crippen LogP contribution in [0.5, 0.6) is 0 Å². The third kappa shape index (κ3) is 4.59. The Morgan fingerprint density at radius 2 is 1.97 bits per heavy atom. The Kier molecular flexibility index (Phi) is 6.06. The number of nitro groups is 1. The van der Waals surface area contributed by atoms with E-state index >= 15 is 0 Å². The summed E-state index contributed by atoms with van der Waals surface area (Å²) in [5.74, 6) is -1.09. The number of amides is 1. The van der Waals surface area contributed by atoms with Crippen molar-refractivity contribution in [1.29, 1.82) is 0 Å². The van der Waals surface area contributed by atoms with Gasteiger partial charge in [-0.1, -0.05) is 23.7 Å². The molecule has 1 aromatic carbocycles. The highest BCUT2D eigenvalue weighted by atomic mass is 35.5. The van der Waals surface area contributed by atoms with Crippen molar-refractivity contribution in [3.63, 3.8) is 0 Å². The van der Waals surface area contributed by atoms with Gasteiger partial charge in [-0.15, -0.1) is 0 Å². The Balaban J connectivity index is 1.72. The molecule has 158 valence electrons. The maximum Gasteiger partial charge on any atom is 0.319 e. The van der Waals surface area contributed by atoms with Crippen molar-refractivity contribution in [3.05, 3.63) is 68.4 Å². The van der Waals surface area contributed by atoms with Gasteiger partial charge in [0.05, 0.1) is 11.5 Å². The number of halogens is 4. The van der Waals surface area contributed by atoms with Crippen LogP contribution < -0.4 is 5.32 Å². The van der Waals surface area contributed by atoms with Crippen molar-refractivity contribution in [1.82, 2.24) is 19.6 Å². The van der Waals surface area contributed by atoms with Gasteiger partial charge < -0.3 is 5.32 Å². The molecule has 0 fully saturated rings. The minimum atomic E-state index is -3.16. The van der Waals surface area contributed by atoms with E-state index in [2.05, 4.69) is 15.5 Å². The first-order valence-corrected chi connectivity index (χ1v) is 8.80. The predicted molar refractivity (Wildman–Crippen MR) is 99.9 cm³/mol. The van der Waals surface area contributed by atoms with Crippen molar-refractivity contribution >= 4 is 29.0 Å². The van der Waals surface area contributed by atoms with Crippen LogP contribution in [0.1, 0.15) is 23.4 Å². The van der Waals surface area contributed by atoms with Crippen molar-refractivity contribution in [2.75, 3.05) is 5.32 Å². The molecule has 3 aromatic rings. The van der Waals surface area contributed by atoms with Crippen LogP contribution in [0.15, 0.2) is 30.5 Å². The number of benzene rings is 1. The van der Waals surface area contributed by atoms with E-state index in [0.29, 0.717) is 0 Å². The lowest BCUT2D eigenvalue weighted by atomic mass is 10.2. The second-order valence-electron chi connectivity index (χ2n) is 6.23. The zero-order valence-corrected chi connectivity index (χ0v) is 16.1. The lowest BCUT2D eigenvalue weighted by Gasteiger charge is -2.05. The molecule has 0 unspecified atom stereocenters. The Hall–Kier alpha value is -3.41. The summed E-state index contributed by atoms with van der Waals surface area (Å²) in [6, 6.07) is 5.72. The van der Waals surface area contributed by atoms with E-state index in [-0.39, 0.29) is 28.9 Å². The van der Waals surface area contributed by atoms with Gasteiger partial charge in [0.1, 0.15) is 23.1 Å². The van der Waals surface area contributed by atoms with Crippen LogP contribution in [-0.4, -0.2) is 30.4 Å². The predicted octanol–water partition coefficient (Wildman–Crippen LogP) is 3.71. The smallest absolute Gasteiger partial charge is 0.306 e. The first-order chi connectivity index (χ1) is 14.2. The molecule has 13 heteroatoms. The zero-order chi connectivity index (χ0) is 22.0. The second kappa shape index (κ2) is 8.53. The van der Waals surface area contributed by atoms with Gasteiger partial charge in [-0.3, -0.25) is 24.3 Å². The van der Waals surface area contributed by atoms with Gasteiger partial charge in [-0.25, -0.2) is 13.2 Å². The zero-order valence-electron chi connectivity index (χ0n) is 15.4. The number of hydrogen-bond acceptors (Lipinski definition) is 5. The van der Waals surface area contributed by atoms with Crippen molar-refractivity contribution in [2.45, 2.75) is 26.4 Å². The second-order valence-corrected chi connectivity index (χ2v) is 6.64. The lowest BCUT2D eigenvalue weighted by Crippen LogP contribution is -2.21. The fourth-order valence-corrected chi connectivity index (χ4v) is 2.93. The summed E-state index contributed by atoms with van der Waals surface area (Å²) in [6.45, 7) is 0.924. The number of hydrogen-bond donors (Lipinski definition) is 1. The quantitative estimate of drug-likeness (QED) is 0.443. The molecule has 0 atom stereocenters. The number of anilines is 1. The van der Waals surface area contributed by atoms with E-state index in [1.54, 1.807) is 12.1 Å². The average Bonchev–Trinajstić information content (AvgIpc) is 3.17.